The van der Waals surface area contributed by atoms with Gasteiger partial charge in [-0.1, -0.05) is 0 Å². The first-order valence-electron chi connectivity index (χ1n) is 10.1. The SMILES string of the molecule is COc1ccc2c(c1)C(=O)NC=CC=C[C](=[W])c1nccn1CCCCCCC2. The van der Waals surface area contributed by atoms with E-state index in [-0.39, 0.29) is 5.91 Å². The second-order valence-corrected chi connectivity index (χ2v) is 8.62. The summed E-state index contributed by atoms with van der Waals surface area (Å²) >= 11 is 1.37. The Morgan fingerprint density at radius 1 is 1.14 bits per heavy atom. The van der Waals surface area contributed by atoms with Crippen LogP contribution in [-0.4, -0.2) is 26.5 Å². The molecular formula is C23H27N3O2W. The first-order chi connectivity index (χ1) is 14.2. The van der Waals surface area contributed by atoms with Gasteiger partial charge in [-0.25, -0.2) is 0 Å². The zero-order chi connectivity index (χ0) is 20.5. The molecule has 0 fully saturated rings. The van der Waals surface area contributed by atoms with Gasteiger partial charge < -0.3 is 0 Å². The van der Waals surface area contributed by atoms with Crippen LogP contribution in [0.1, 0.15) is 53.8 Å². The van der Waals surface area contributed by atoms with Crippen LogP contribution in [-0.2, 0) is 32.3 Å². The Morgan fingerprint density at radius 2 is 1.97 bits per heavy atom. The van der Waals surface area contributed by atoms with Crippen molar-refractivity contribution in [3.63, 3.8) is 0 Å². The zero-order valence-electron chi connectivity index (χ0n) is 16.8. The summed E-state index contributed by atoms with van der Waals surface area (Å²) in [6.45, 7) is 1.01. The fourth-order valence-electron chi connectivity index (χ4n) is 3.43. The van der Waals surface area contributed by atoms with E-state index in [4.69, 9.17) is 4.74 Å². The summed E-state index contributed by atoms with van der Waals surface area (Å²) in [6, 6.07) is 5.77. The van der Waals surface area contributed by atoms with Gasteiger partial charge in [0.25, 0.3) is 0 Å². The Morgan fingerprint density at radius 3 is 2.83 bits per heavy atom. The summed E-state index contributed by atoms with van der Waals surface area (Å²) in [7, 11) is 1.62. The Labute approximate surface area is 183 Å². The van der Waals surface area contributed by atoms with Crippen LogP contribution in [0.5, 0.6) is 5.75 Å². The predicted octanol–water partition coefficient (Wildman–Crippen LogP) is 3.97. The minimum absolute atomic E-state index is 0.105. The van der Waals surface area contributed by atoms with Gasteiger partial charge in [0.05, 0.1) is 0 Å². The molecule has 2 aromatic rings. The predicted molar refractivity (Wildman–Crippen MR) is 112 cm³/mol. The van der Waals surface area contributed by atoms with E-state index in [0.29, 0.717) is 11.3 Å². The van der Waals surface area contributed by atoms with Crippen LogP contribution in [0.2, 0.25) is 0 Å². The topological polar surface area (TPSA) is 56.1 Å². The van der Waals surface area contributed by atoms with Crippen LogP contribution in [0, 0.1) is 0 Å². The molecule has 0 unspecified atom stereocenters. The molecule has 0 bridgehead atoms. The Kier molecular flexibility index (Phi) is 8.18. The number of rotatable bonds is 1. The molecule has 2 heterocycles. The van der Waals surface area contributed by atoms with Crippen LogP contribution in [0.3, 0.4) is 0 Å². The second-order valence-electron chi connectivity index (χ2n) is 7.04. The average Bonchev–Trinajstić information content (AvgIpc) is 3.20. The number of nitrogens with zero attached hydrogens (tertiary/aromatic N) is 2. The van der Waals surface area contributed by atoms with E-state index < -0.39 is 0 Å². The molecule has 3 rings (SSSR count). The van der Waals surface area contributed by atoms with E-state index in [1.807, 2.05) is 36.5 Å². The maximum atomic E-state index is 12.7. The summed E-state index contributed by atoms with van der Waals surface area (Å²) in [5.41, 5.74) is 1.76. The van der Waals surface area contributed by atoms with E-state index in [1.165, 1.54) is 42.5 Å². The molecule has 1 N–H and O–H groups in total. The average molecular weight is 561 g/mol. The number of methoxy groups -OCH3 is 1. The Bertz CT molecular complexity index is 915. The van der Waals surface area contributed by atoms with E-state index >= 15 is 0 Å². The molecule has 152 valence electrons. The van der Waals surface area contributed by atoms with Gasteiger partial charge in [-0.2, -0.15) is 0 Å². The number of nitrogens with one attached hydrogen (secondary N) is 1. The molecule has 0 radical (unpaired) electrons. The summed E-state index contributed by atoms with van der Waals surface area (Å²) in [5, 5.41) is 2.87. The number of aromatic nitrogens is 2. The van der Waals surface area contributed by atoms with Crippen molar-refractivity contribution in [3.05, 3.63) is 72.0 Å². The molecule has 1 aromatic heterocycles. The maximum absolute atomic E-state index is 12.7. The molecule has 0 spiro atoms. The monoisotopic (exact) mass is 561 g/mol. The van der Waals surface area contributed by atoms with Crippen molar-refractivity contribution in [1.29, 1.82) is 0 Å². The molecule has 29 heavy (non-hydrogen) atoms. The van der Waals surface area contributed by atoms with Crippen molar-refractivity contribution in [2.45, 2.75) is 45.1 Å². The van der Waals surface area contributed by atoms with Crippen molar-refractivity contribution >= 4 is 9.81 Å². The van der Waals surface area contributed by atoms with Crippen LogP contribution in [0.25, 0.3) is 0 Å². The summed E-state index contributed by atoms with van der Waals surface area (Å²) in [5.74, 6) is 1.64. The van der Waals surface area contributed by atoms with Crippen molar-refractivity contribution in [2.75, 3.05) is 7.11 Å². The van der Waals surface area contributed by atoms with Crippen molar-refractivity contribution in [3.8, 4) is 5.75 Å². The number of ether oxygens (including phenoxy) is 1. The number of carbonyl (C=O) groups excluding carboxylic acids is 1. The first kappa shape index (κ1) is 21.4. The van der Waals surface area contributed by atoms with Crippen molar-refractivity contribution in [1.82, 2.24) is 14.9 Å². The summed E-state index contributed by atoms with van der Waals surface area (Å²) in [4.78, 5) is 17.2. The van der Waals surface area contributed by atoms with Crippen molar-refractivity contribution in [2.24, 2.45) is 0 Å². The van der Waals surface area contributed by atoms with Gasteiger partial charge in [-0.15, -0.1) is 0 Å². The number of amides is 1. The zero-order valence-corrected chi connectivity index (χ0v) is 19.7. The first-order valence-corrected chi connectivity index (χ1v) is 11.5. The quantitative estimate of drug-likeness (QED) is 0.574. The van der Waals surface area contributed by atoms with Crippen LogP contribution >= 0.6 is 0 Å². The summed E-state index contributed by atoms with van der Waals surface area (Å²) < 4.78 is 8.73. The number of benzene rings is 1. The number of aryl methyl sites for hydroxylation is 2. The molecule has 6 heteroatoms. The van der Waals surface area contributed by atoms with Gasteiger partial charge in [-0.3, -0.25) is 0 Å². The molecule has 1 amide bonds. The molecule has 5 nitrogen and oxygen atoms in total. The third-order valence-corrected chi connectivity index (χ3v) is 6.16. The molecule has 0 aliphatic carbocycles. The third-order valence-electron chi connectivity index (χ3n) is 5.01. The number of allylic oxidation sites excluding steroid dienone is 3. The Balaban J connectivity index is 1.78. The van der Waals surface area contributed by atoms with E-state index in [2.05, 4.69) is 27.1 Å². The molecule has 0 saturated carbocycles. The van der Waals surface area contributed by atoms with Gasteiger partial charge in [0.15, 0.2) is 0 Å². The molecule has 0 saturated heterocycles. The molecule has 1 aromatic carbocycles. The second kappa shape index (κ2) is 11.1. The third kappa shape index (κ3) is 6.11. The number of fused-ring (bicyclic) bond motifs is 2. The molecule has 0 atom stereocenters. The van der Waals surface area contributed by atoms with Gasteiger partial charge in [-0.05, 0) is 0 Å². The normalized spacial score (nSPS) is 16.3. The molecule has 1 aliphatic heterocycles. The van der Waals surface area contributed by atoms with Crippen LogP contribution < -0.4 is 10.1 Å². The van der Waals surface area contributed by atoms with Crippen LogP contribution in [0.15, 0.2) is 55.0 Å². The van der Waals surface area contributed by atoms with Crippen LogP contribution in [0.4, 0.5) is 0 Å². The van der Waals surface area contributed by atoms with E-state index in [9.17, 15) is 4.79 Å². The van der Waals surface area contributed by atoms with E-state index in [0.717, 1.165) is 37.2 Å². The molecular weight excluding hydrogens is 534 g/mol. The fourth-order valence-corrected chi connectivity index (χ4v) is 4.32. The van der Waals surface area contributed by atoms with Gasteiger partial charge in [0.1, 0.15) is 0 Å². The van der Waals surface area contributed by atoms with Gasteiger partial charge in [0, 0.05) is 0 Å². The van der Waals surface area contributed by atoms with E-state index in [1.54, 1.807) is 13.3 Å². The number of hydrogen-bond donors (Lipinski definition) is 1. The number of hydrogen-bond acceptors (Lipinski definition) is 3. The number of imidazole rings is 1. The molecule has 1 aliphatic rings. The van der Waals surface area contributed by atoms with Crippen molar-refractivity contribution < 1.29 is 28.9 Å². The van der Waals surface area contributed by atoms with Gasteiger partial charge >= 0.3 is 183 Å². The fraction of sp³-hybridized carbons (Fsp3) is 0.348. The number of carbonyl (C=O) groups is 1. The standard InChI is InChI=1S/C23H27N3O2.W/c1-28-20-13-12-19-10-6-3-2-4-9-16-26-17-15-24-22(26)11-7-5-8-14-25-23(27)21(19)18-20;/h5,7-8,12-15,17-18H,2-4,6,9-10,16H2,1H3,(H,25,27);. The summed E-state index contributed by atoms with van der Waals surface area (Å²) in [6.07, 6.45) is 18.2. The van der Waals surface area contributed by atoms with Gasteiger partial charge in [0.2, 0.25) is 0 Å². The minimum atomic E-state index is -0.105. The Hall–Kier alpha value is -2.26.